The minimum Gasteiger partial charge on any atom is -0.488 e. The van der Waals surface area contributed by atoms with Gasteiger partial charge in [-0.3, -0.25) is 0 Å². The summed E-state index contributed by atoms with van der Waals surface area (Å²) in [5.41, 5.74) is 2.39. The second-order valence-corrected chi connectivity index (χ2v) is 11.7. The van der Waals surface area contributed by atoms with Crippen molar-refractivity contribution in [2.24, 2.45) is 0 Å². The van der Waals surface area contributed by atoms with E-state index in [1.807, 2.05) is 36.4 Å². The second-order valence-electron chi connectivity index (χ2n) is 9.72. The van der Waals surface area contributed by atoms with Gasteiger partial charge in [0.2, 0.25) is 9.84 Å². The number of benzene rings is 3. The quantitative estimate of drug-likeness (QED) is 0.320. The molecule has 0 aliphatic heterocycles. The Hall–Kier alpha value is -2.79. The summed E-state index contributed by atoms with van der Waals surface area (Å²) in [6.45, 7) is 10.8. The van der Waals surface area contributed by atoms with E-state index in [9.17, 15) is 8.42 Å². The summed E-state index contributed by atoms with van der Waals surface area (Å²) in [6.07, 6.45) is 3.84. The number of hydrogen-bond acceptors (Lipinski definition) is 4. The smallest absolute Gasteiger partial charge is 0.206 e. The van der Waals surface area contributed by atoms with Crippen molar-refractivity contribution in [2.45, 2.75) is 81.1 Å². The van der Waals surface area contributed by atoms with Gasteiger partial charge in [0.1, 0.15) is 22.8 Å². The standard InChI is InChI=1S/C29H34O4S/c1-6-28(4)20-21-19-26(17-18-27(21)28)34(30,31)25-15-13-23(14-16-25)32-22-9-11-24(12-10-22)33-29(5,7-2)8-3/h9-19H,6-8,20H2,1-5H3. The van der Waals surface area contributed by atoms with Gasteiger partial charge >= 0.3 is 0 Å². The van der Waals surface area contributed by atoms with E-state index >= 15 is 0 Å². The Morgan fingerprint density at radius 2 is 1.35 bits per heavy atom. The lowest BCUT2D eigenvalue weighted by molar-refractivity contribution is 0.0802. The van der Waals surface area contributed by atoms with Crippen molar-refractivity contribution in [1.82, 2.24) is 0 Å². The van der Waals surface area contributed by atoms with Gasteiger partial charge in [0, 0.05) is 0 Å². The summed E-state index contributed by atoms with van der Waals surface area (Å²) in [5.74, 6) is 2.05. The van der Waals surface area contributed by atoms with Crippen molar-refractivity contribution in [3.8, 4) is 17.2 Å². The Morgan fingerprint density at radius 3 is 1.88 bits per heavy atom. The molecule has 5 heteroatoms. The molecular weight excluding hydrogens is 444 g/mol. The van der Waals surface area contributed by atoms with Crippen molar-refractivity contribution in [1.29, 1.82) is 0 Å². The molecule has 34 heavy (non-hydrogen) atoms. The molecule has 3 aromatic rings. The third-order valence-electron chi connectivity index (χ3n) is 7.45. The molecule has 1 aliphatic carbocycles. The Bertz CT molecular complexity index is 1260. The molecule has 0 spiro atoms. The summed E-state index contributed by atoms with van der Waals surface area (Å²) in [7, 11) is -3.58. The third kappa shape index (κ3) is 4.58. The molecule has 4 nitrogen and oxygen atoms in total. The molecule has 0 saturated carbocycles. The zero-order chi connectivity index (χ0) is 24.6. The highest BCUT2D eigenvalue weighted by atomic mass is 32.2. The average molecular weight is 479 g/mol. The van der Waals surface area contributed by atoms with Gasteiger partial charge in [0.15, 0.2) is 0 Å². The van der Waals surface area contributed by atoms with Gasteiger partial charge in [-0.1, -0.05) is 33.8 Å². The zero-order valence-electron chi connectivity index (χ0n) is 20.7. The Balaban J connectivity index is 1.46. The molecule has 180 valence electrons. The van der Waals surface area contributed by atoms with Crippen LogP contribution in [-0.2, 0) is 21.7 Å². The Labute approximate surface area is 203 Å². The average Bonchev–Trinajstić information content (AvgIpc) is 2.84. The Morgan fingerprint density at radius 1 is 0.824 bits per heavy atom. The Kier molecular flexibility index (Phi) is 6.52. The molecule has 0 radical (unpaired) electrons. The van der Waals surface area contributed by atoms with Crippen LogP contribution in [0, 0.1) is 0 Å². The van der Waals surface area contributed by atoms with Gasteiger partial charge in [-0.05, 0) is 110 Å². The minimum absolute atomic E-state index is 0.173. The van der Waals surface area contributed by atoms with Gasteiger partial charge < -0.3 is 9.47 Å². The lowest BCUT2D eigenvalue weighted by Crippen LogP contribution is -2.35. The van der Waals surface area contributed by atoms with Crippen molar-refractivity contribution in [3.05, 3.63) is 77.9 Å². The maximum absolute atomic E-state index is 13.2. The van der Waals surface area contributed by atoms with E-state index < -0.39 is 9.84 Å². The van der Waals surface area contributed by atoms with Gasteiger partial charge in [0.05, 0.1) is 9.79 Å². The number of hydrogen-bond donors (Lipinski definition) is 0. The monoisotopic (exact) mass is 478 g/mol. The molecule has 1 atom stereocenters. The van der Waals surface area contributed by atoms with Crippen LogP contribution in [0.25, 0.3) is 0 Å². The molecule has 0 saturated heterocycles. The minimum atomic E-state index is -3.58. The topological polar surface area (TPSA) is 52.6 Å². The van der Waals surface area contributed by atoms with Gasteiger partial charge in [-0.15, -0.1) is 0 Å². The third-order valence-corrected chi connectivity index (χ3v) is 9.22. The summed E-state index contributed by atoms with van der Waals surface area (Å²) < 4.78 is 38.4. The van der Waals surface area contributed by atoms with Gasteiger partial charge in [0.25, 0.3) is 0 Å². The van der Waals surface area contributed by atoms with Gasteiger partial charge in [-0.25, -0.2) is 8.42 Å². The molecule has 0 N–H and O–H groups in total. The molecule has 4 rings (SSSR count). The first-order valence-electron chi connectivity index (χ1n) is 12.1. The molecule has 1 aliphatic rings. The molecule has 3 aromatic carbocycles. The van der Waals surface area contributed by atoms with Crippen molar-refractivity contribution >= 4 is 9.84 Å². The fourth-order valence-electron chi connectivity index (χ4n) is 4.41. The lowest BCUT2D eigenvalue weighted by Gasteiger charge is -2.41. The molecule has 1 unspecified atom stereocenters. The highest BCUT2D eigenvalue weighted by Crippen LogP contribution is 2.44. The number of sulfone groups is 1. The van der Waals surface area contributed by atoms with Crippen LogP contribution >= 0.6 is 0 Å². The maximum atomic E-state index is 13.2. The van der Waals surface area contributed by atoms with Crippen LogP contribution in [0.5, 0.6) is 17.2 Å². The van der Waals surface area contributed by atoms with Crippen LogP contribution < -0.4 is 9.47 Å². The summed E-state index contributed by atoms with van der Waals surface area (Å²) in [4.78, 5) is 0.611. The van der Waals surface area contributed by atoms with Gasteiger partial charge in [-0.2, -0.15) is 0 Å². The van der Waals surface area contributed by atoms with Crippen LogP contribution in [-0.4, -0.2) is 14.0 Å². The lowest BCUT2D eigenvalue weighted by atomic mass is 9.64. The van der Waals surface area contributed by atoms with Crippen LogP contribution in [0.4, 0.5) is 0 Å². The van der Waals surface area contributed by atoms with E-state index in [0.717, 1.165) is 37.0 Å². The largest absolute Gasteiger partial charge is 0.488 e. The first kappa shape index (κ1) is 24.3. The van der Waals surface area contributed by atoms with E-state index in [0.29, 0.717) is 16.4 Å². The fraction of sp³-hybridized carbons (Fsp3) is 0.379. The van der Waals surface area contributed by atoms with E-state index in [-0.39, 0.29) is 15.9 Å². The predicted molar refractivity (Wildman–Crippen MR) is 136 cm³/mol. The van der Waals surface area contributed by atoms with Crippen molar-refractivity contribution in [3.63, 3.8) is 0 Å². The highest BCUT2D eigenvalue weighted by Gasteiger charge is 2.37. The molecule has 0 bridgehead atoms. The van der Waals surface area contributed by atoms with E-state index in [2.05, 4.69) is 34.6 Å². The fourth-order valence-corrected chi connectivity index (χ4v) is 5.72. The van der Waals surface area contributed by atoms with E-state index in [4.69, 9.17) is 9.47 Å². The number of rotatable bonds is 9. The molecule has 0 fully saturated rings. The predicted octanol–water partition coefficient (Wildman–Crippen LogP) is 7.49. The van der Waals surface area contributed by atoms with Crippen LogP contribution in [0.1, 0.15) is 65.0 Å². The van der Waals surface area contributed by atoms with E-state index in [1.54, 1.807) is 30.3 Å². The van der Waals surface area contributed by atoms with Crippen molar-refractivity contribution in [2.75, 3.05) is 0 Å². The summed E-state index contributed by atoms with van der Waals surface area (Å²) in [6, 6.07) is 19.6. The highest BCUT2D eigenvalue weighted by molar-refractivity contribution is 7.91. The second kappa shape index (κ2) is 9.10. The molecule has 0 aromatic heterocycles. The van der Waals surface area contributed by atoms with Crippen molar-refractivity contribution < 1.29 is 17.9 Å². The summed E-state index contributed by atoms with van der Waals surface area (Å²) >= 11 is 0. The maximum Gasteiger partial charge on any atom is 0.206 e. The normalized spacial score (nSPS) is 17.6. The first-order chi connectivity index (χ1) is 16.1. The van der Waals surface area contributed by atoms with Crippen LogP contribution in [0.15, 0.2) is 76.5 Å². The van der Waals surface area contributed by atoms with Crippen LogP contribution in [0.2, 0.25) is 0 Å². The number of fused-ring (bicyclic) bond motifs is 1. The molecule has 0 amide bonds. The molecule has 0 heterocycles. The zero-order valence-corrected chi connectivity index (χ0v) is 21.5. The summed E-state index contributed by atoms with van der Waals surface area (Å²) in [5, 5.41) is 0. The van der Waals surface area contributed by atoms with E-state index in [1.165, 1.54) is 5.56 Å². The SMILES string of the molecule is CCC(C)(CC)Oc1ccc(Oc2ccc(S(=O)(=O)c3ccc4c(c3)CC4(C)CC)cc2)cc1. The molecular formula is C29H34O4S. The number of ether oxygens (including phenoxy) is 2. The first-order valence-corrected chi connectivity index (χ1v) is 13.6. The van der Waals surface area contributed by atoms with Crippen LogP contribution in [0.3, 0.4) is 0 Å².